The molecule has 0 amide bonds. The van der Waals surface area contributed by atoms with Gasteiger partial charge >= 0.3 is 5.97 Å². The van der Waals surface area contributed by atoms with Crippen molar-refractivity contribution < 1.29 is 9.53 Å². The second-order valence-corrected chi connectivity index (χ2v) is 6.17. The van der Waals surface area contributed by atoms with E-state index in [-0.39, 0.29) is 11.6 Å². The van der Waals surface area contributed by atoms with Gasteiger partial charge in [-0.15, -0.1) is 0 Å². The highest BCUT2D eigenvalue weighted by Gasteiger charge is 2.39. The zero-order valence-electron chi connectivity index (χ0n) is 13.1. The summed E-state index contributed by atoms with van der Waals surface area (Å²) in [4.78, 5) is 11.4. The van der Waals surface area contributed by atoms with Gasteiger partial charge in [-0.3, -0.25) is 4.79 Å². The highest BCUT2D eigenvalue weighted by Crippen LogP contribution is 2.39. The van der Waals surface area contributed by atoms with Crippen LogP contribution in [-0.4, -0.2) is 11.6 Å². The van der Waals surface area contributed by atoms with Crippen LogP contribution in [0.15, 0.2) is 23.3 Å². The van der Waals surface area contributed by atoms with Crippen molar-refractivity contribution in [3.8, 4) is 0 Å². The van der Waals surface area contributed by atoms with Crippen LogP contribution in [0.1, 0.15) is 66.7 Å². The van der Waals surface area contributed by atoms with Crippen molar-refractivity contribution in [1.82, 2.24) is 0 Å². The Morgan fingerprint density at radius 1 is 1.47 bits per heavy atom. The Morgan fingerprint density at radius 3 is 2.63 bits per heavy atom. The summed E-state index contributed by atoms with van der Waals surface area (Å²) in [5.41, 5.74) is 2.49. The third kappa shape index (κ3) is 4.85. The summed E-state index contributed by atoms with van der Waals surface area (Å²) in [6.45, 7) is 10.1. The molecule has 1 aliphatic carbocycles. The van der Waals surface area contributed by atoms with E-state index in [1.165, 1.54) is 18.1 Å². The summed E-state index contributed by atoms with van der Waals surface area (Å²) in [7, 11) is 0. The molecule has 0 saturated heterocycles. The maximum Gasteiger partial charge on any atom is 0.303 e. The second kappa shape index (κ2) is 6.93. The zero-order chi connectivity index (χ0) is 14.5. The maximum absolute atomic E-state index is 11.4. The van der Waals surface area contributed by atoms with Crippen molar-refractivity contribution in [2.24, 2.45) is 5.92 Å². The molecule has 0 radical (unpaired) electrons. The molecule has 0 aliphatic heterocycles. The van der Waals surface area contributed by atoms with E-state index in [2.05, 4.69) is 39.8 Å². The number of hydrogen-bond acceptors (Lipinski definition) is 2. The van der Waals surface area contributed by atoms with E-state index >= 15 is 0 Å². The molecule has 2 atom stereocenters. The van der Waals surface area contributed by atoms with Crippen molar-refractivity contribution in [3.05, 3.63) is 23.3 Å². The smallest absolute Gasteiger partial charge is 0.303 e. The molecule has 0 heterocycles. The summed E-state index contributed by atoms with van der Waals surface area (Å²) in [6.07, 6.45) is 9.52. The van der Waals surface area contributed by atoms with Gasteiger partial charge in [0.1, 0.15) is 5.60 Å². The zero-order valence-corrected chi connectivity index (χ0v) is 13.1. The quantitative estimate of drug-likeness (QED) is 0.526. The molecule has 0 aromatic rings. The third-order valence-electron chi connectivity index (χ3n) is 4.14. The van der Waals surface area contributed by atoms with Crippen LogP contribution in [0.2, 0.25) is 0 Å². The molecule has 0 saturated carbocycles. The van der Waals surface area contributed by atoms with Gasteiger partial charge in [-0.05, 0) is 52.4 Å². The minimum absolute atomic E-state index is 0.151. The first-order chi connectivity index (χ1) is 8.85. The molecule has 0 unspecified atom stereocenters. The lowest BCUT2D eigenvalue weighted by Gasteiger charge is -2.40. The average molecular weight is 264 g/mol. The number of carbonyl (C=O) groups is 1. The first-order valence-electron chi connectivity index (χ1n) is 7.34. The average Bonchev–Trinajstić information content (AvgIpc) is 2.31. The van der Waals surface area contributed by atoms with E-state index in [4.69, 9.17) is 4.74 Å². The molecule has 1 aliphatic rings. The van der Waals surface area contributed by atoms with Gasteiger partial charge in [-0.2, -0.15) is 0 Å². The van der Waals surface area contributed by atoms with E-state index in [0.717, 1.165) is 32.1 Å². The van der Waals surface area contributed by atoms with Gasteiger partial charge in [0.2, 0.25) is 0 Å². The molecule has 19 heavy (non-hydrogen) atoms. The molecular weight excluding hydrogens is 236 g/mol. The summed E-state index contributed by atoms with van der Waals surface area (Å²) in [6, 6.07) is 0. The molecule has 0 aromatic carbocycles. The molecule has 0 N–H and O–H groups in total. The van der Waals surface area contributed by atoms with E-state index in [0.29, 0.717) is 5.92 Å². The van der Waals surface area contributed by atoms with E-state index in [1.54, 1.807) is 0 Å². The monoisotopic (exact) mass is 264 g/mol. The van der Waals surface area contributed by atoms with E-state index in [1.807, 2.05) is 0 Å². The lowest BCUT2D eigenvalue weighted by Crippen LogP contribution is -2.42. The lowest BCUT2D eigenvalue weighted by atomic mass is 9.75. The number of rotatable bonds is 5. The Morgan fingerprint density at radius 2 is 2.16 bits per heavy atom. The van der Waals surface area contributed by atoms with Gasteiger partial charge in [0.05, 0.1) is 0 Å². The van der Waals surface area contributed by atoms with Crippen molar-refractivity contribution in [2.45, 2.75) is 72.3 Å². The normalized spacial score (nSPS) is 24.4. The highest BCUT2D eigenvalue weighted by atomic mass is 16.6. The van der Waals surface area contributed by atoms with Gasteiger partial charge in [0.15, 0.2) is 0 Å². The Labute approximate surface area is 117 Å². The molecule has 0 aromatic heterocycles. The van der Waals surface area contributed by atoms with Gasteiger partial charge in [0, 0.05) is 13.3 Å². The molecule has 1 rings (SSSR count). The number of allylic oxidation sites excluding steroid dienone is 3. The lowest BCUT2D eigenvalue weighted by molar-refractivity contribution is -0.164. The first kappa shape index (κ1) is 16.0. The Hall–Kier alpha value is -1.05. The standard InChI is InChI=1S/C17H28O2/c1-13(2)7-6-8-15(4)17(19-16(5)18)11-9-14(3)10-12-17/h7,9,15H,6,8,10-12H2,1-5H3/t15-,17-/m1/s1. The van der Waals surface area contributed by atoms with Gasteiger partial charge in [-0.25, -0.2) is 0 Å². The van der Waals surface area contributed by atoms with E-state index in [9.17, 15) is 4.79 Å². The number of ether oxygens (including phenoxy) is 1. The topological polar surface area (TPSA) is 26.3 Å². The van der Waals surface area contributed by atoms with Gasteiger partial charge < -0.3 is 4.74 Å². The SMILES string of the molecule is CC(=O)O[C@]1([C@H](C)CCC=C(C)C)CC=C(C)CC1. The fourth-order valence-corrected chi connectivity index (χ4v) is 2.77. The van der Waals surface area contributed by atoms with Crippen LogP contribution in [0.25, 0.3) is 0 Å². The maximum atomic E-state index is 11.4. The van der Waals surface area contributed by atoms with Crippen LogP contribution in [0.4, 0.5) is 0 Å². The second-order valence-electron chi connectivity index (χ2n) is 6.17. The Bertz CT molecular complexity index is 375. The minimum atomic E-state index is -0.277. The molecular formula is C17H28O2. The van der Waals surface area contributed by atoms with Crippen LogP contribution >= 0.6 is 0 Å². The summed E-state index contributed by atoms with van der Waals surface area (Å²) >= 11 is 0. The van der Waals surface area contributed by atoms with Gasteiger partial charge in [-0.1, -0.05) is 30.2 Å². The number of esters is 1. The molecule has 108 valence electrons. The molecule has 2 nitrogen and oxygen atoms in total. The summed E-state index contributed by atoms with van der Waals surface area (Å²) in [5, 5.41) is 0. The van der Waals surface area contributed by atoms with Crippen LogP contribution in [0, 0.1) is 5.92 Å². The molecule has 0 bridgehead atoms. The minimum Gasteiger partial charge on any atom is -0.459 e. The fourth-order valence-electron chi connectivity index (χ4n) is 2.77. The molecule has 0 fully saturated rings. The van der Waals surface area contributed by atoms with Crippen molar-refractivity contribution in [2.75, 3.05) is 0 Å². The number of hydrogen-bond donors (Lipinski definition) is 0. The predicted octanol–water partition coefficient (Wildman–Crippen LogP) is 4.80. The van der Waals surface area contributed by atoms with Crippen LogP contribution in [0.5, 0.6) is 0 Å². The van der Waals surface area contributed by atoms with Crippen molar-refractivity contribution in [1.29, 1.82) is 0 Å². The largest absolute Gasteiger partial charge is 0.459 e. The van der Waals surface area contributed by atoms with E-state index < -0.39 is 0 Å². The van der Waals surface area contributed by atoms with Crippen LogP contribution < -0.4 is 0 Å². The van der Waals surface area contributed by atoms with Crippen molar-refractivity contribution in [3.63, 3.8) is 0 Å². The Kier molecular flexibility index (Phi) is 5.84. The van der Waals surface area contributed by atoms with Crippen LogP contribution in [-0.2, 0) is 9.53 Å². The first-order valence-corrected chi connectivity index (χ1v) is 7.34. The fraction of sp³-hybridized carbons (Fsp3) is 0.706. The van der Waals surface area contributed by atoms with Crippen LogP contribution in [0.3, 0.4) is 0 Å². The summed E-state index contributed by atoms with van der Waals surface area (Å²) in [5.74, 6) is 0.248. The predicted molar refractivity (Wildman–Crippen MR) is 79.9 cm³/mol. The Balaban J connectivity index is 2.73. The highest BCUT2D eigenvalue weighted by molar-refractivity contribution is 5.66. The third-order valence-corrected chi connectivity index (χ3v) is 4.14. The van der Waals surface area contributed by atoms with Gasteiger partial charge in [0.25, 0.3) is 0 Å². The summed E-state index contributed by atoms with van der Waals surface area (Å²) < 4.78 is 5.74. The molecule has 0 spiro atoms. The van der Waals surface area contributed by atoms with Crippen molar-refractivity contribution >= 4 is 5.97 Å². The molecule has 2 heteroatoms. The number of carbonyl (C=O) groups excluding carboxylic acids is 1.